The van der Waals surface area contributed by atoms with Crippen LogP contribution in [-0.2, 0) is 9.47 Å². The summed E-state index contributed by atoms with van der Waals surface area (Å²) in [7, 11) is 1.61. The molecule has 0 atom stereocenters. The van der Waals surface area contributed by atoms with Gasteiger partial charge in [0, 0.05) is 17.3 Å². The maximum absolute atomic E-state index is 12.2. The van der Waals surface area contributed by atoms with Gasteiger partial charge in [-0.3, -0.25) is 4.90 Å². The summed E-state index contributed by atoms with van der Waals surface area (Å²) in [5, 5.41) is 0. The highest BCUT2D eigenvalue weighted by Gasteiger charge is 2.23. The number of methoxy groups -OCH3 is 1. The number of rotatable bonds is 4. The fourth-order valence-electron chi connectivity index (χ4n) is 1.45. The molecule has 0 saturated heterocycles. The lowest BCUT2D eigenvalue weighted by molar-refractivity contribution is 0.0569. The van der Waals surface area contributed by atoms with Crippen LogP contribution in [0.1, 0.15) is 20.8 Å². The van der Waals surface area contributed by atoms with E-state index in [-0.39, 0.29) is 6.09 Å². The van der Waals surface area contributed by atoms with Crippen LogP contribution in [0.2, 0.25) is 0 Å². The second-order valence-electron chi connectivity index (χ2n) is 5.10. The van der Waals surface area contributed by atoms with Crippen LogP contribution in [0, 0.1) is 0 Å². The average Bonchev–Trinajstić information content (AvgIpc) is 2.29. The van der Waals surface area contributed by atoms with Gasteiger partial charge in [-0.05, 0) is 45.0 Å². The molecule has 1 aromatic rings. The zero-order valence-electron chi connectivity index (χ0n) is 11.8. The van der Waals surface area contributed by atoms with E-state index in [1.54, 1.807) is 12.0 Å². The lowest BCUT2D eigenvalue weighted by atomic mass is 10.2. The Balaban J connectivity index is 2.87. The predicted molar refractivity (Wildman–Crippen MR) is 79.6 cm³/mol. The van der Waals surface area contributed by atoms with Crippen LogP contribution >= 0.6 is 15.9 Å². The van der Waals surface area contributed by atoms with Gasteiger partial charge in [0.2, 0.25) is 0 Å². The Morgan fingerprint density at radius 2 is 1.84 bits per heavy atom. The van der Waals surface area contributed by atoms with Crippen LogP contribution in [0.4, 0.5) is 10.5 Å². The number of benzene rings is 1. The molecule has 5 heteroatoms. The fraction of sp³-hybridized carbons (Fsp3) is 0.500. The maximum Gasteiger partial charge on any atom is 0.414 e. The van der Waals surface area contributed by atoms with E-state index < -0.39 is 5.60 Å². The lowest BCUT2D eigenvalue weighted by Gasteiger charge is -2.27. The molecular weight excluding hydrogens is 310 g/mol. The topological polar surface area (TPSA) is 38.8 Å². The van der Waals surface area contributed by atoms with E-state index in [4.69, 9.17) is 9.47 Å². The molecule has 4 nitrogen and oxygen atoms in total. The van der Waals surface area contributed by atoms with E-state index in [0.717, 1.165) is 10.2 Å². The summed E-state index contributed by atoms with van der Waals surface area (Å²) in [5.74, 6) is 0. The number of carbonyl (C=O) groups excluding carboxylic acids is 1. The summed E-state index contributed by atoms with van der Waals surface area (Å²) in [6.45, 7) is 6.45. The molecule has 19 heavy (non-hydrogen) atoms. The van der Waals surface area contributed by atoms with Gasteiger partial charge in [0.1, 0.15) is 5.60 Å². The Bertz CT molecular complexity index is 412. The molecule has 1 aromatic carbocycles. The van der Waals surface area contributed by atoms with E-state index in [1.165, 1.54) is 0 Å². The SMILES string of the molecule is COCCN(C(=O)OC(C)(C)C)c1ccc(Br)cc1. The molecule has 0 unspecified atom stereocenters. The fourth-order valence-corrected chi connectivity index (χ4v) is 1.71. The first-order valence-corrected chi connectivity index (χ1v) is 6.88. The van der Waals surface area contributed by atoms with E-state index >= 15 is 0 Å². The molecule has 0 aromatic heterocycles. The molecule has 1 rings (SSSR count). The monoisotopic (exact) mass is 329 g/mol. The van der Waals surface area contributed by atoms with Crippen LogP contribution < -0.4 is 4.90 Å². The highest BCUT2D eigenvalue weighted by atomic mass is 79.9. The lowest BCUT2D eigenvalue weighted by Crippen LogP contribution is -2.38. The standard InChI is InChI=1S/C14H20BrNO3/c1-14(2,3)19-13(17)16(9-10-18-4)12-7-5-11(15)6-8-12/h5-8H,9-10H2,1-4H3. The van der Waals surface area contributed by atoms with Crippen molar-refractivity contribution < 1.29 is 14.3 Å². The van der Waals surface area contributed by atoms with Crippen molar-refractivity contribution in [1.82, 2.24) is 0 Å². The van der Waals surface area contributed by atoms with Gasteiger partial charge < -0.3 is 9.47 Å². The number of halogens is 1. The maximum atomic E-state index is 12.2. The third kappa shape index (κ3) is 5.61. The first-order chi connectivity index (χ1) is 8.83. The van der Waals surface area contributed by atoms with Crippen molar-refractivity contribution >= 4 is 27.7 Å². The number of amides is 1. The molecule has 0 radical (unpaired) electrons. The minimum absolute atomic E-state index is 0.369. The Kier molecular flexibility index (Phi) is 5.82. The van der Waals surface area contributed by atoms with Gasteiger partial charge in [0.05, 0.1) is 13.2 Å². The van der Waals surface area contributed by atoms with Gasteiger partial charge in [0.25, 0.3) is 0 Å². The highest BCUT2D eigenvalue weighted by molar-refractivity contribution is 9.10. The number of nitrogens with zero attached hydrogens (tertiary/aromatic N) is 1. The summed E-state index contributed by atoms with van der Waals surface area (Å²) < 4.78 is 11.4. The highest BCUT2D eigenvalue weighted by Crippen LogP contribution is 2.20. The van der Waals surface area contributed by atoms with Gasteiger partial charge in [-0.1, -0.05) is 15.9 Å². The van der Waals surface area contributed by atoms with Crippen molar-refractivity contribution in [2.75, 3.05) is 25.2 Å². The van der Waals surface area contributed by atoms with Gasteiger partial charge in [-0.25, -0.2) is 4.79 Å². The molecular formula is C14H20BrNO3. The number of hydrogen-bond donors (Lipinski definition) is 0. The Hall–Kier alpha value is -1.07. The number of hydrogen-bond acceptors (Lipinski definition) is 3. The van der Waals surface area contributed by atoms with Crippen molar-refractivity contribution in [2.24, 2.45) is 0 Å². The second kappa shape index (κ2) is 6.91. The van der Waals surface area contributed by atoms with E-state index in [0.29, 0.717) is 13.2 Å². The zero-order valence-corrected chi connectivity index (χ0v) is 13.4. The van der Waals surface area contributed by atoms with Gasteiger partial charge in [-0.2, -0.15) is 0 Å². The second-order valence-corrected chi connectivity index (χ2v) is 6.02. The van der Waals surface area contributed by atoms with Crippen LogP contribution in [0.5, 0.6) is 0 Å². The Labute approximate surface area is 122 Å². The number of ether oxygens (including phenoxy) is 2. The molecule has 0 bridgehead atoms. The molecule has 0 aliphatic carbocycles. The van der Waals surface area contributed by atoms with E-state index in [1.807, 2.05) is 45.0 Å². The third-order valence-corrected chi connectivity index (χ3v) is 2.80. The summed E-state index contributed by atoms with van der Waals surface area (Å²) in [5.41, 5.74) is 0.270. The van der Waals surface area contributed by atoms with Crippen molar-refractivity contribution in [2.45, 2.75) is 26.4 Å². The predicted octanol–water partition coefficient (Wildman–Crippen LogP) is 3.84. The number of carbonyl (C=O) groups is 1. The Morgan fingerprint density at radius 3 is 2.32 bits per heavy atom. The molecule has 0 spiro atoms. The van der Waals surface area contributed by atoms with Crippen LogP contribution in [-0.4, -0.2) is 32.0 Å². The van der Waals surface area contributed by atoms with Crippen LogP contribution in [0.3, 0.4) is 0 Å². The first-order valence-electron chi connectivity index (χ1n) is 6.08. The Morgan fingerprint density at radius 1 is 1.26 bits per heavy atom. The van der Waals surface area contributed by atoms with E-state index in [9.17, 15) is 4.79 Å². The molecule has 0 N–H and O–H groups in total. The minimum Gasteiger partial charge on any atom is -0.443 e. The normalized spacial score (nSPS) is 11.2. The molecule has 106 valence electrons. The zero-order chi connectivity index (χ0) is 14.5. The first kappa shape index (κ1) is 16.0. The van der Waals surface area contributed by atoms with Gasteiger partial charge in [0.15, 0.2) is 0 Å². The molecule has 0 fully saturated rings. The summed E-state index contributed by atoms with van der Waals surface area (Å²) in [4.78, 5) is 13.8. The van der Waals surface area contributed by atoms with Gasteiger partial charge >= 0.3 is 6.09 Å². The van der Waals surface area contributed by atoms with Crippen LogP contribution in [0.25, 0.3) is 0 Å². The molecule has 0 saturated carbocycles. The molecule has 0 aliphatic rings. The van der Waals surface area contributed by atoms with Crippen molar-refractivity contribution in [3.8, 4) is 0 Å². The summed E-state index contributed by atoms with van der Waals surface area (Å²) in [6.07, 6.45) is -0.369. The van der Waals surface area contributed by atoms with Crippen molar-refractivity contribution in [3.63, 3.8) is 0 Å². The largest absolute Gasteiger partial charge is 0.443 e. The summed E-state index contributed by atoms with van der Waals surface area (Å²) in [6, 6.07) is 7.51. The number of anilines is 1. The molecule has 0 heterocycles. The van der Waals surface area contributed by atoms with Crippen LogP contribution in [0.15, 0.2) is 28.7 Å². The van der Waals surface area contributed by atoms with Crippen molar-refractivity contribution in [3.05, 3.63) is 28.7 Å². The molecule has 1 amide bonds. The molecule has 0 aliphatic heterocycles. The minimum atomic E-state index is -0.516. The summed E-state index contributed by atoms with van der Waals surface area (Å²) >= 11 is 3.37. The van der Waals surface area contributed by atoms with Crippen molar-refractivity contribution in [1.29, 1.82) is 0 Å². The quantitative estimate of drug-likeness (QED) is 0.842. The van der Waals surface area contributed by atoms with Gasteiger partial charge in [-0.15, -0.1) is 0 Å². The van der Waals surface area contributed by atoms with E-state index in [2.05, 4.69) is 15.9 Å². The smallest absolute Gasteiger partial charge is 0.414 e. The average molecular weight is 330 g/mol. The third-order valence-electron chi connectivity index (χ3n) is 2.27.